The number of nitrogens with zero attached hydrogens (tertiary/aromatic N) is 2. The van der Waals surface area contributed by atoms with E-state index in [1.807, 2.05) is 54.6 Å². The first-order chi connectivity index (χ1) is 14.6. The van der Waals surface area contributed by atoms with Gasteiger partial charge in [0.1, 0.15) is 12.4 Å². The second kappa shape index (κ2) is 8.59. The Hall–Kier alpha value is -3.97. The molecule has 1 amide bonds. The number of carbonyl (C=O) groups excluding carboxylic acids is 1. The minimum atomic E-state index is -0.685. The van der Waals surface area contributed by atoms with E-state index >= 15 is 0 Å². The number of rotatable bonds is 6. The highest BCUT2D eigenvalue weighted by Gasteiger charge is 2.10. The average molecular weight is 401 g/mol. The van der Waals surface area contributed by atoms with Crippen LogP contribution in [0.25, 0.3) is 10.9 Å². The zero-order chi connectivity index (χ0) is 20.9. The van der Waals surface area contributed by atoms with E-state index in [9.17, 15) is 9.59 Å². The van der Waals surface area contributed by atoms with E-state index < -0.39 is 5.91 Å². The number of benzene rings is 3. The van der Waals surface area contributed by atoms with Gasteiger partial charge in [0.2, 0.25) is 0 Å². The molecule has 7 nitrogen and oxygen atoms in total. The van der Waals surface area contributed by atoms with Crippen LogP contribution in [0.5, 0.6) is 5.75 Å². The second-order valence-electron chi connectivity index (χ2n) is 6.77. The van der Waals surface area contributed by atoms with Crippen LogP contribution in [0.15, 0.2) is 83.9 Å². The number of nitrogens with one attached hydrogen (secondary N) is 1. The van der Waals surface area contributed by atoms with Crippen molar-refractivity contribution in [2.75, 3.05) is 0 Å². The molecule has 2 N–H and O–H groups in total. The Morgan fingerprint density at radius 3 is 2.60 bits per heavy atom. The molecule has 150 valence electrons. The van der Waals surface area contributed by atoms with Crippen molar-refractivity contribution < 1.29 is 14.7 Å². The number of carbonyl (C=O) groups is 1. The van der Waals surface area contributed by atoms with Crippen molar-refractivity contribution in [1.29, 1.82) is 0 Å². The molecule has 0 radical (unpaired) electrons. The molecular weight excluding hydrogens is 382 g/mol. The Labute approximate surface area is 172 Å². The van der Waals surface area contributed by atoms with Gasteiger partial charge in [0.25, 0.3) is 11.5 Å². The predicted molar refractivity (Wildman–Crippen MR) is 112 cm³/mol. The highest BCUT2D eigenvalue weighted by molar-refractivity contribution is 5.97. The van der Waals surface area contributed by atoms with E-state index in [-0.39, 0.29) is 11.1 Å². The number of aromatic nitrogens is 2. The Kier molecular flexibility index (Phi) is 5.54. The van der Waals surface area contributed by atoms with E-state index in [1.54, 1.807) is 11.5 Å². The van der Waals surface area contributed by atoms with E-state index in [1.165, 1.54) is 23.0 Å². The Bertz CT molecular complexity index is 1250. The summed E-state index contributed by atoms with van der Waals surface area (Å²) in [4.78, 5) is 28.8. The molecule has 0 saturated heterocycles. The predicted octanol–water partition coefficient (Wildman–Crippen LogP) is 3.14. The lowest BCUT2D eigenvalue weighted by Crippen LogP contribution is -2.23. The number of hydrogen-bond donors (Lipinski definition) is 2. The minimum absolute atomic E-state index is 0.179. The molecule has 0 aliphatic carbocycles. The number of ether oxygens (including phenoxy) is 1. The summed E-state index contributed by atoms with van der Waals surface area (Å²) in [6.45, 7) is 0.762. The van der Waals surface area contributed by atoms with E-state index in [0.717, 1.165) is 11.1 Å². The quantitative estimate of drug-likeness (QED) is 0.382. The van der Waals surface area contributed by atoms with Crippen LogP contribution in [0.4, 0.5) is 0 Å². The number of fused-ring (bicyclic) bond motifs is 1. The van der Waals surface area contributed by atoms with Gasteiger partial charge in [0, 0.05) is 5.56 Å². The lowest BCUT2D eigenvalue weighted by Gasteiger charge is -2.10. The highest BCUT2D eigenvalue weighted by atomic mass is 16.5. The van der Waals surface area contributed by atoms with Crippen molar-refractivity contribution in [1.82, 2.24) is 15.0 Å². The van der Waals surface area contributed by atoms with Crippen molar-refractivity contribution in [2.24, 2.45) is 0 Å². The molecule has 0 unspecified atom stereocenters. The molecule has 0 aliphatic rings. The third-order valence-electron chi connectivity index (χ3n) is 4.69. The van der Waals surface area contributed by atoms with Gasteiger partial charge in [-0.25, -0.2) is 10.5 Å². The second-order valence-corrected chi connectivity index (χ2v) is 6.77. The van der Waals surface area contributed by atoms with Crippen LogP contribution in [0.3, 0.4) is 0 Å². The van der Waals surface area contributed by atoms with Crippen LogP contribution in [0, 0.1) is 0 Å². The normalized spacial score (nSPS) is 10.7. The molecule has 1 heterocycles. The monoisotopic (exact) mass is 401 g/mol. The van der Waals surface area contributed by atoms with Crippen molar-refractivity contribution in [3.05, 3.63) is 106 Å². The molecular formula is C23H19N3O4. The van der Waals surface area contributed by atoms with Crippen molar-refractivity contribution in [2.45, 2.75) is 13.2 Å². The number of hydroxylamine groups is 1. The summed E-state index contributed by atoms with van der Waals surface area (Å²) < 4.78 is 7.33. The summed E-state index contributed by atoms with van der Waals surface area (Å²) in [7, 11) is 0. The third kappa shape index (κ3) is 4.21. The molecule has 3 aromatic carbocycles. The molecule has 0 atom stereocenters. The highest BCUT2D eigenvalue weighted by Crippen LogP contribution is 2.16. The summed E-state index contributed by atoms with van der Waals surface area (Å²) in [5, 5.41) is 9.11. The third-order valence-corrected chi connectivity index (χ3v) is 4.69. The fourth-order valence-electron chi connectivity index (χ4n) is 3.15. The first-order valence-corrected chi connectivity index (χ1v) is 9.33. The zero-order valence-corrected chi connectivity index (χ0v) is 16.0. The van der Waals surface area contributed by atoms with Gasteiger partial charge < -0.3 is 4.74 Å². The summed E-state index contributed by atoms with van der Waals surface area (Å²) in [5.74, 6) is 0.0232. The Morgan fingerprint density at radius 1 is 1.00 bits per heavy atom. The van der Waals surface area contributed by atoms with Gasteiger partial charge >= 0.3 is 0 Å². The Morgan fingerprint density at radius 2 is 1.80 bits per heavy atom. The topological polar surface area (TPSA) is 93.5 Å². The maximum atomic E-state index is 12.9. The van der Waals surface area contributed by atoms with Gasteiger partial charge in [-0.3, -0.25) is 19.4 Å². The maximum Gasteiger partial charge on any atom is 0.274 e. The van der Waals surface area contributed by atoms with Crippen LogP contribution in [0.2, 0.25) is 0 Å². The van der Waals surface area contributed by atoms with Crippen molar-refractivity contribution >= 4 is 16.8 Å². The van der Waals surface area contributed by atoms with Gasteiger partial charge in [0.15, 0.2) is 0 Å². The number of hydrogen-bond acceptors (Lipinski definition) is 5. The standard InChI is InChI=1S/C23H19N3O4/c27-22(25-29)18-9-10-21-20(12-18)23(28)26(15-24-21)13-17-7-4-8-19(11-17)30-14-16-5-2-1-3-6-16/h1-12,15,29H,13-14H2,(H,25,27). The molecule has 30 heavy (non-hydrogen) atoms. The molecule has 0 bridgehead atoms. The fourth-order valence-corrected chi connectivity index (χ4v) is 3.15. The van der Waals surface area contributed by atoms with Crippen molar-refractivity contribution in [3.63, 3.8) is 0 Å². The molecule has 0 aliphatic heterocycles. The van der Waals surface area contributed by atoms with Gasteiger partial charge in [-0.2, -0.15) is 0 Å². The summed E-state index contributed by atoms with van der Waals surface area (Å²) >= 11 is 0. The smallest absolute Gasteiger partial charge is 0.274 e. The fraction of sp³-hybridized carbons (Fsp3) is 0.0870. The van der Waals surface area contributed by atoms with Gasteiger partial charge in [-0.15, -0.1) is 0 Å². The van der Waals surface area contributed by atoms with E-state index in [0.29, 0.717) is 29.8 Å². The SMILES string of the molecule is O=C(NO)c1ccc2ncn(Cc3cccc(OCc4ccccc4)c3)c(=O)c2c1. The minimum Gasteiger partial charge on any atom is -0.489 e. The van der Waals surface area contributed by atoms with Gasteiger partial charge in [-0.1, -0.05) is 42.5 Å². The molecule has 0 spiro atoms. The molecule has 1 aromatic heterocycles. The van der Waals surface area contributed by atoms with Crippen LogP contribution in [0.1, 0.15) is 21.5 Å². The van der Waals surface area contributed by atoms with Crippen LogP contribution in [-0.2, 0) is 13.2 Å². The molecule has 7 heteroatoms. The van der Waals surface area contributed by atoms with Gasteiger partial charge in [-0.05, 0) is 41.5 Å². The Balaban J connectivity index is 1.57. The van der Waals surface area contributed by atoms with Crippen LogP contribution < -0.4 is 15.8 Å². The largest absolute Gasteiger partial charge is 0.489 e. The maximum absolute atomic E-state index is 12.9. The summed E-state index contributed by atoms with van der Waals surface area (Å²) in [6, 6.07) is 21.9. The first-order valence-electron chi connectivity index (χ1n) is 9.33. The van der Waals surface area contributed by atoms with Crippen LogP contribution >= 0.6 is 0 Å². The summed E-state index contributed by atoms with van der Waals surface area (Å²) in [6.07, 6.45) is 1.48. The first kappa shape index (κ1) is 19.4. The average Bonchev–Trinajstić information content (AvgIpc) is 2.80. The molecule has 4 rings (SSSR count). The van der Waals surface area contributed by atoms with E-state index in [2.05, 4.69) is 4.98 Å². The van der Waals surface area contributed by atoms with E-state index in [4.69, 9.17) is 9.94 Å². The lowest BCUT2D eigenvalue weighted by molar-refractivity contribution is 0.0706. The summed E-state index contributed by atoms with van der Waals surface area (Å²) in [5.41, 5.74) is 3.90. The molecule has 4 aromatic rings. The lowest BCUT2D eigenvalue weighted by atomic mass is 10.1. The molecule has 0 saturated carbocycles. The number of amides is 1. The van der Waals surface area contributed by atoms with Gasteiger partial charge in [0.05, 0.1) is 23.8 Å². The zero-order valence-electron chi connectivity index (χ0n) is 16.0. The van der Waals surface area contributed by atoms with Crippen LogP contribution in [-0.4, -0.2) is 20.7 Å². The molecule has 0 fully saturated rings. The van der Waals surface area contributed by atoms with Crippen molar-refractivity contribution in [3.8, 4) is 5.75 Å².